The molecule has 0 aromatic heterocycles. The van der Waals surface area contributed by atoms with Crippen molar-refractivity contribution in [2.45, 2.75) is 123 Å². The highest BCUT2D eigenvalue weighted by molar-refractivity contribution is 7.46. The Morgan fingerprint density at radius 1 is 0.449 bits per heavy atom. The number of phosphoric acid groups is 1. The second-order valence-electron chi connectivity index (χ2n) is 11.7. The van der Waals surface area contributed by atoms with E-state index in [4.69, 9.17) is 33.2 Å². The highest BCUT2D eigenvalue weighted by Gasteiger charge is 2.55. The highest BCUT2D eigenvalue weighted by atomic mass is 31.2. The van der Waals surface area contributed by atoms with Crippen LogP contribution in [0.3, 0.4) is 0 Å². The lowest BCUT2D eigenvalue weighted by Crippen LogP contribution is -2.67. The summed E-state index contributed by atoms with van der Waals surface area (Å²) in [4.78, 5) is 18.5. The lowest BCUT2D eigenvalue weighted by Gasteiger charge is -2.49. The molecular weight excluding hydrogens is 703 g/mol. The van der Waals surface area contributed by atoms with E-state index in [-0.39, 0.29) is 0 Å². The van der Waals surface area contributed by atoms with Gasteiger partial charge in [-0.25, -0.2) is 4.57 Å². The molecule has 20 atom stereocenters. The van der Waals surface area contributed by atoms with Crippen LogP contribution in [0.5, 0.6) is 0 Å². The average Bonchev–Trinajstić information content (AvgIpc) is 3.06. The molecule has 4 rings (SSSR count). The summed E-state index contributed by atoms with van der Waals surface area (Å²) in [5, 5.41) is 133. The molecule has 24 nitrogen and oxygen atoms in total. The van der Waals surface area contributed by atoms with Crippen molar-refractivity contribution < 1.29 is 118 Å². The topological polar surface area (TPSA) is 394 Å². The quantitative estimate of drug-likeness (QED) is 0.0824. The van der Waals surface area contributed by atoms with Gasteiger partial charge in [-0.2, -0.15) is 0 Å². The van der Waals surface area contributed by atoms with Gasteiger partial charge >= 0.3 is 7.82 Å². The maximum absolute atomic E-state index is 11.5. The largest absolute Gasteiger partial charge is 0.469 e. The first-order valence-electron chi connectivity index (χ1n) is 14.9. The lowest BCUT2D eigenvalue weighted by molar-refractivity contribution is -0.387. The van der Waals surface area contributed by atoms with Gasteiger partial charge in [-0.05, 0) is 0 Å². The third-order valence-electron chi connectivity index (χ3n) is 8.43. The number of aliphatic hydroxyl groups is 13. The zero-order chi connectivity index (χ0) is 36.5. The molecular formula is C24H43O24P. The molecule has 0 aromatic rings. The molecule has 0 unspecified atom stereocenters. The monoisotopic (exact) mass is 746 g/mol. The second kappa shape index (κ2) is 17.0. The summed E-state index contributed by atoms with van der Waals surface area (Å²) < 4.78 is 53.6. The van der Waals surface area contributed by atoms with Crippen LogP contribution in [0.15, 0.2) is 0 Å². The summed E-state index contributed by atoms with van der Waals surface area (Å²) in [7, 11) is -5.23. The van der Waals surface area contributed by atoms with Crippen molar-refractivity contribution in [2.24, 2.45) is 0 Å². The predicted molar refractivity (Wildman–Crippen MR) is 145 cm³/mol. The zero-order valence-electron chi connectivity index (χ0n) is 25.2. The molecule has 25 heteroatoms. The Kier molecular flexibility index (Phi) is 14.2. The molecule has 49 heavy (non-hydrogen) atoms. The molecule has 4 aliphatic heterocycles. The fourth-order valence-corrected chi connectivity index (χ4v) is 6.04. The lowest BCUT2D eigenvalue weighted by atomic mass is 9.95. The van der Waals surface area contributed by atoms with Crippen molar-refractivity contribution in [3.63, 3.8) is 0 Å². The van der Waals surface area contributed by atoms with Gasteiger partial charge in [0.05, 0.1) is 26.4 Å². The smallest absolute Gasteiger partial charge is 0.394 e. The minimum atomic E-state index is -5.23. The Labute approximate surface area is 275 Å². The molecule has 4 heterocycles. The van der Waals surface area contributed by atoms with Crippen LogP contribution in [0.1, 0.15) is 0 Å². The van der Waals surface area contributed by atoms with Crippen LogP contribution in [0.2, 0.25) is 0 Å². The fourth-order valence-electron chi connectivity index (χ4n) is 5.70. The normalized spacial score (nSPS) is 49.9. The molecule has 0 spiro atoms. The minimum Gasteiger partial charge on any atom is -0.394 e. The summed E-state index contributed by atoms with van der Waals surface area (Å²) in [6.45, 7) is -3.80. The van der Waals surface area contributed by atoms with Gasteiger partial charge in [0.25, 0.3) is 0 Å². The number of phosphoric ester groups is 1. The molecule has 4 saturated heterocycles. The molecule has 0 bridgehead atoms. The van der Waals surface area contributed by atoms with Gasteiger partial charge in [0, 0.05) is 0 Å². The summed E-state index contributed by atoms with van der Waals surface area (Å²) in [5.74, 6) is 0. The molecule has 15 N–H and O–H groups in total. The van der Waals surface area contributed by atoms with Gasteiger partial charge in [-0.1, -0.05) is 0 Å². The summed E-state index contributed by atoms with van der Waals surface area (Å²) in [6, 6.07) is 0. The van der Waals surface area contributed by atoms with E-state index in [2.05, 4.69) is 4.52 Å². The maximum atomic E-state index is 11.5. The first kappa shape index (κ1) is 41.1. The van der Waals surface area contributed by atoms with Crippen molar-refractivity contribution in [3.8, 4) is 0 Å². The molecule has 0 saturated carbocycles. The van der Waals surface area contributed by atoms with E-state index in [1.54, 1.807) is 0 Å². The molecule has 4 fully saturated rings. The molecule has 0 aliphatic carbocycles. The van der Waals surface area contributed by atoms with Gasteiger partial charge in [-0.3, -0.25) is 4.52 Å². The Bertz CT molecular complexity index is 1080. The summed E-state index contributed by atoms with van der Waals surface area (Å²) >= 11 is 0. The number of aliphatic hydroxyl groups excluding tert-OH is 13. The Hall–Kier alpha value is -0.690. The third-order valence-corrected chi connectivity index (χ3v) is 8.92. The predicted octanol–water partition coefficient (Wildman–Crippen LogP) is -9.63. The van der Waals surface area contributed by atoms with Crippen molar-refractivity contribution in [1.82, 2.24) is 0 Å². The van der Waals surface area contributed by atoms with Crippen LogP contribution in [-0.2, 0) is 42.2 Å². The third kappa shape index (κ3) is 9.10. The minimum absolute atomic E-state index is 0.848. The van der Waals surface area contributed by atoms with Gasteiger partial charge in [-0.15, -0.1) is 0 Å². The number of hydrogen-bond donors (Lipinski definition) is 15. The van der Waals surface area contributed by atoms with Crippen molar-refractivity contribution in [1.29, 1.82) is 0 Å². The SMILES string of the molecule is O=P(O)(O)OC[C@H]1O[C@H](O[C@H]2[C@H](O)[C@@H](O)[C@@H](O[C@H]3[C@H](O)[C@@H](O)[C@@H](O)O[C@@H]3CO)O[C@@H]2CO)[C@H](O)[C@@H](O)[C@@H]1O[C@H]1O[C@H](CO)[C@@H](O)[C@H](O)[C@H]1O. The zero-order valence-corrected chi connectivity index (χ0v) is 26.1. The van der Waals surface area contributed by atoms with Crippen LogP contribution in [0.25, 0.3) is 0 Å². The van der Waals surface area contributed by atoms with E-state index in [0.717, 1.165) is 0 Å². The van der Waals surface area contributed by atoms with Gasteiger partial charge in [0.15, 0.2) is 25.2 Å². The van der Waals surface area contributed by atoms with E-state index < -0.39 is 157 Å². The standard InChI is InChI=1S/C24H43O24P/c25-1-5-9(28)10(29)15(34)22(43-5)48-20-8(4-41-49(38,39)40)45-24(17(36)13(20)32)47-19-7(3-27)44-23(16(35)12(19)31)46-18-6(2-26)42-21(37)14(33)11(18)30/h5-37H,1-4H2,(H2,38,39,40)/t5-,6-,7-,8-,9-,10+,11-,12-,13-,14-,15-,16-,17-,18-,19-,20-,21+,22-,23-,24-/m1/s1. The van der Waals surface area contributed by atoms with E-state index in [9.17, 15) is 80.7 Å². The van der Waals surface area contributed by atoms with E-state index in [0.29, 0.717) is 0 Å². The van der Waals surface area contributed by atoms with E-state index >= 15 is 0 Å². The molecule has 0 radical (unpaired) electrons. The molecule has 0 amide bonds. The van der Waals surface area contributed by atoms with Crippen molar-refractivity contribution in [3.05, 3.63) is 0 Å². The number of hydrogen-bond acceptors (Lipinski definition) is 22. The van der Waals surface area contributed by atoms with Crippen LogP contribution >= 0.6 is 7.82 Å². The average molecular weight is 747 g/mol. The Balaban J connectivity index is 1.50. The first-order valence-corrected chi connectivity index (χ1v) is 16.4. The van der Waals surface area contributed by atoms with Crippen LogP contribution in [-0.4, -0.2) is 225 Å². The molecule has 0 aromatic carbocycles. The molecule has 4 aliphatic rings. The van der Waals surface area contributed by atoms with Crippen LogP contribution in [0.4, 0.5) is 0 Å². The van der Waals surface area contributed by atoms with Crippen molar-refractivity contribution >= 4 is 7.82 Å². The Morgan fingerprint density at radius 2 is 0.816 bits per heavy atom. The Morgan fingerprint density at radius 3 is 1.27 bits per heavy atom. The van der Waals surface area contributed by atoms with Gasteiger partial charge in [0.1, 0.15) is 97.7 Å². The first-order chi connectivity index (χ1) is 22.9. The number of rotatable bonds is 12. The molecule has 288 valence electrons. The summed E-state index contributed by atoms with van der Waals surface area (Å²) in [5.41, 5.74) is 0. The summed E-state index contributed by atoms with van der Waals surface area (Å²) in [6.07, 6.45) is -37.7. The highest BCUT2D eigenvalue weighted by Crippen LogP contribution is 2.39. The van der Waals surface area contributed by atoms with Crippen molar-refractivity contribution in [2.75, 3.05) is 26.4 Å². The van der Waals surface area contributed by atoms with Crippen LogP contribution in [0, 0.1) is 0 Å². The van der Waals surface area contributed by atoms with Crippen LogP contribution < -0.4 is 0 Å². The van der Waals surface area contributed by atoms with E-state index in [1.165, 1.54) is 0 Å². The fraction of sp³-hybridized carbons (Fsp3) is 1.00. The number of ether oxygens (including phenoxy) is 7. The van der Waals surface area contributed by atoms with Gasteiger partial charge < -0.3 is 109 Å². The van der Waals surface area contributed by atoms with Gasteiger partial charge in [0.2, 0.25) is 0 Å². The van der Waals surface area contributed by atoms with E-state index in [1.807, 2.05) is 0 Å². The maximum Gasteiger partial charge on any atom is 0.469 e. The second-order valence-corrected chi connectivity index (χ2v) is 13.0.